The summed E-state index contributed by atoms with van der Waals surface area (Å²) in [6.07, 6.45) is 1.49. The lowest BCUT2D eigenvalue weighted by atomic mass is 10.1. The van der Waals surface area contributed by atoms with Gasteiger partial charge < -0.3 is 37.1 Å². The van der Waals surface area contributed by atoms with E-state index in [1.54, 1.807) is 0 Å². The second-order valence-corrected chi connectivity index (χ2v) is 9.21. The number of carbonyl (C=O) groups excluding carboxylic acids is 4. The largest absolute Gasteiger partial charge is 0.460 e. The molecule has 11 nitrogen and oxygen atoms in total. The summed E-state index contributed by atoms with van der Waals surface area (Å²) < 4.78 is 15.2. The monoisotopic (exact) mass is 542 g/mol. The molecule has 0 fully saturated rings. The third-order valence-electron chi connectivity index (χ3n) is 5.92. The molecule has 0 aliphatic heterocycles. The van der Waals surface area contributed by atoms with Gasteiger partial charge in [0, 0.05) is 0 Å². The number of rotatable bonds is 16. The van der Waals surface area contributed by atoms with Crippen LogP contribution in [0, 0.1) is 0 Å². The Morgan fingerprint density at radius 2 is 0.821 bits per heavy atom. The Bertz CT molecular complexity index is 969. The zero-order valence-corrected chi connectivity index (χ0v) is 21.9. The van der Waals surface area contributed by atoms with Gasteiger partial charge in [0.2, 0.25) is 0 Å². The van der Waals surface area contributed by atoms with Crippen LogP contribution in [0.5, 0.6) is 0 Å². The highest BCUT2D eigenvalue weighted by Crippen LogP contribution is 2.09. The van der Waals surface area contributed by atoms with Crippen molar-refractivity contribution in [3.8, 4) is 0 Å². The van der Waals surface area contributed by atoms with Gasteiger partial charge in [-0.25, -0.2) is 9.59 Å². The van der Waals surface area contributed by atoms with Crippen molar-refractivity contribution in [1.82, 2.24) is 0 Å². The van der Waals surface area contributed by atoms with Gasteiger partial charge in [0.05, 0.1) is 0 Å². The number of ether oxygens (including phenoxy) is 3. The van der Waals surface area contributed by atoms with Gasteiger partial charge in [-0.15, -0.1) is 0 Å². The summed E-state index contributed by atoms with van der Waals surface area (Å²) in [5.41, 5.74) is 25.0. The summed E-state index contributed by atoms with van der Waals surface area (Å²) in [5.74, 6) is -2.95. The quantitative estimate of drug-likeness (QED) is 0.135. The molecule has 8 N–H and O–H groups in total. The lowest BCUT2D eigenvalue weighted by molar-refractivity contribution is -0.161. The van der Waals surface area contributed by atoms with Gasteiger partial charge in [-0.05, 0) is 49.7 Å². The fourth-order valence-corrected chi connectivity index (χ4v) is 3.51. The highest BCUT2D eigenvalue weighted by atomic mass is 16.6. The molecule has 0 saturated heterocycles. The first-order chi connectivity index (χ1) is 18.7. The van der Waals surface area contributed by atoms with Gasteiger partial charge in [0.1, 0.15) is 37.4 Å². The van der Waals surface area contributed by atoms with E-state index in [0.717, 1.165) is 11.1 Å². The van der Waals surface area contributed by atoms with E-state index < -0.39 is 48.0 Å². The standard InChI is InChI=1S/C28H38N4O7/c29-21(25(33)37-17-19-9-3-1-4-10-19)13-7-15-23(31)27(35)39-28(36)24(32)16-8-14-22(30)26(34)38-18-20-11-5-2-6-12-20/h1-6,9-12,21-24H,7-8,13-18,29-32H2/t21?,22?,23-,24-/m0/s1. The Morgan fingerprint density at radius 1 is 0.513 bits per heavy atom. The van der Waals surface area contributed by atoms with Crippen LogP contribution in [0.15, 0.2) is 60.7 Å². The van der Waals surface area contributed by atoms with E-state index >= 15 is 0 Å². The summed E-state index contributed by atoms with van der Waals surface area (Å²) in [7, 11) is 0. The zero-order chi connectivity index (χ0) is 28.6. The van der Waals surface area contributed by atoms with Crippen LogP contribution in [0.3, 0.4) is 0 Å². The van der Waals surface area contributed by atoms with Crippen molar-refractivity contribution in [2.45, 2.75) is 75.9 Å². The Labute approximate surface area is 228 Å². The second-order valence-electron chi connectivity index (χ2n) is 9.21. The van der Waals surface area contributed by atoms with E-state index in [4.69, 9.17) is 37.1 Å². The summed E-state index contributed by atoms with van der Waals surface area (Å²) in [5, 5.41) is 0. The predicted octanol–water partition coefficient (Wildman–Crippen LogP) is 1.19. The maximum atomic E-state index is 12.2. The van der Waals surface area contributed by atoms with Crippen LogP contribution in [-0.2, 0) is 46.6 Å². The Kier molecular flexibility index (Phi) is 13.8. The van der Waals surface area contributed by atoms with Gasteiger partial charge in [-0.1, -0.05) is 60.7 Å². The molecule has 0 heterocycles. The summed E-state index contributed by atoms with van der Waals surface area (Å²) >= 11 is 0. The minimum atomic E-state index is -1.08. The van der Waals surface area contributed by atoms with Crippen LogP contribution in [-0.4, -0.2) is 48.0 Å². The molecule has 0 amide bonds. The molecule has 2 aromatic carbocycles. The van der Waals surface area contributed by atoms with Gasteiger partial charge in [-0.3, -0.25) is 9.59 Å². The van der Waals surface area contributed by atoms with Crippen molar-refractivity contribution < 1.29 is 33.4 Å². The van der Waals surface area contributed by atoms with E-state index in [0.29, 0.717) is 12.8 Å². The van der Waals surface area contributed by atoms with E-state index in [2.05, 4.69) is 0 Å². The molecule has 2 unspecified atom stereocenters. The third kappa shape index (κ3) is 12.2. The molecule has 0 radical (unpaired) electrons. The number of carbonyl (C=O) groups is 4. The smallest absolute Gasteiger partial charge is 0.330 e. The molecular weight excluding hydrogens is 504 g/mol. The van der Waals surface area contributed by atoms with Crippen molar-refractivity contribution in [3.05, 3.63) is 71.8 Å². The van der Waals surface area contributed by atoms with E-state index in [1.807, 2.05) is 60.7 Å². The van der Waals surface area contributed by atoms with Crippen LogP contribution in [0.1, 0.15) is 49.7 Å². The number of hydrogen-bond acceptors (Lipinski definition) is 11. The van der Waals surface area contributed by atoms with Gasteiger partial charge in [0.25, 0.3) is 0 Å². The van der Waals surface area contributed by atoms with Gasteiger partial charge >= 0.3 is 23.9 Å². The Hall–Kier alpha value is -3.64. The molecular formula is C28H38N4O7. The highest BCUT2D eigenvalue weighted by Gasteiger charge is 2.24. The van der Waals surface area contributed by atoms with E-state index in [9.17, 15) is 19.2 Å². The van der Waals surface area contributed by atoms with Crippen molar-refractivity contribution in [3.63, 3.8) is 0 Å². The normalized spacial score (nSPS) is 13.9. The van der Waals surface area contributed by atoms with Gasteiger partial charge in [0.15, 0.2) is 0 Å². The maximum Gasteiger partial charge on any atom is 0.330 e. The topological polar surface area (TPSA) is 200 Å². The minimum absolute atomic E-state index is 0.117. The number of benzene rings is 2. The van der Waals surface area contributed by atoms with Crippen LogP contribution in [0.4, 0.5) is 0 Å². The second kappa shape index (κ2) is 17.0. The average Bonchev–Trinajstić information content (AvgIpc) is 2.95. The number of esters is 4. The van der Waals surface area contributed by atoms with Crippen molar-refractivity contribution >= 4 is 23.9 Å². The summed E-state index contributed by atoms with van der Waals surface area (Å²) in [6.45, 7) is 0.234. The Balaban J connectivity index is 1.59. The predicted molar refractivity (Wildman–Crippen MR) is 143 cm³/mol. The molecule has 0 spiro atoms. The number of nitrogens with two attached hydrogens (primary N) is 4. The molecule has 0 aliphatic rings. The molecule has 0 saturated carbocycles. The van der Waals surface area contributed by atoms with Crippen molar-refractivity contribution in [2.24, 2.45) is 22.9 Å². The molecule has 11 heteroatoms. The van der Waals surface area contributed by atoms with Crippen LogP contribution < -0.4 is 22.9 Å². The maximum absolute atomic E-state index is 12.2. The molecule has 2 aromatic rings. The summed E-state index contributed by atoms with van der Waals surface area (Å²) in [6, 6.07) is 14.5. The lowest BCUT2D eigenvalue weighted by Gasteiger charge is -2.15. The van der Waals surface area contributed by atoms with E-state index in [1.165, 1.54) is 0 Å². The van der Waals surface area contributed by atoms with E-state index in [-0.39, 0.29) is 38.9 Å². The van der Waals surface area contributed by atoms with Crippen LogP contribution in [0.2, 0.25) is 0 Å². The molecule has 39 heavy (non-hydrogen) atoms. The molecule has 212 valence electrons. The first kappa shape index (κ1) is 31.6. The molecule has 4 atom stereocenters. The SMILES string of the molecule is NC(CCC[C@H](N)C(=O)OC(=O)[C@@H](N)CCCC(N)C(=O)OCc1ccccc1)C(=O)OCc1ccccc1. The van der Waals surface area contributed by atoms with Crippen LogP contribution >= 0.6 is 0 Å². The first-order valence-electron chi connectivity index (χ1n) is 12.9. The molecule has 2 rings (SSSR count). The number of hydrogen-bond donors (Lipinski definition) is 4. The minimum Gasteiger partial charge on any atom is -0.460 e. The van der Waals surface area contributed by atoms with Crippen molar-refractivity contribution in [2.75, 3.05) is 0 Å². The fourth-order valence-electron chi connectivity index (χ4n) is 3.51. The molecule has 0 bridgehead atoms. The van der Waals surface area contributed by atoms with Crippen LogP contribution in [0.25, 0.3) is 0 Å². The zero-order valence-electron chi connectivity index (χ0n) is 21.9. The third-order valence-corrected chi connectivity index (χ3v) is 5.92. The fraction of sp³-hybridized carbons (Fsp3) is 0.429. The first-order valence-corrected chi connectivity index (χ1v) is 12.9. The summed E-state index contributed by atoms with van der Waals surface area (Å²) in [4.78, 5) is 48.4. The lowest BCUT2D eigenvalue weighted by Crippen LogP contribution is -2.40. The highest BCUT2D eigenvalue weighted by molar-refractivity contribution is 5.90. The average molecular weight is 543 g/mol. The Morgan fingerprint density at radius 3 is 1.15 bits per heavy atom. The van der Waals surface area contributed by atoms with Crippen molar-refractivity contribution in [1.29, 1.82) is 0 Å². The molecule has 0 aliphatic carbocycles. The molecule has 0 aromatic heterocycles. The van der Waals surface area contributed by atoms with Gasteiger partial charge in [-0.2, -0.15) is 0 Å².